The van der Waals surface area contributed by atoms with Gasteiger partial charge in [-0.05, 0) is 11.6 Å². The fourth-order valence-corrected chi connectivity index (χ4v) is 2.17. The molecule has 1 atom stereocenters. The Labute approximate surface area is 127 Å². The van der Waals surface area contributed by atoms with Crippen LogP contribution in [0.5, 0.6) is 5.88 Å². The van der Waals surface area contributed by atoms with E-state index in [0.717, 1.165) is 18.6 Å². The van der Waals surface area contributed by atoms with Gasteiger partial charge in [0.1, 0.15) is 17.1 Å². The molecule has 0 aliphatic carbocycles. The highest BCUT2D eigenvalue weighted by Gasteiger charge is 2.17. The van der Waals surface area contributed by atoms with Gasteiger partial charge in [-0.15, -0.1) is 0 Å². The van der Waals surface area contributed by atoms with Crippen LogP contribution < -0.4 is 10.1 Å². The molecule has 21 heavy (non-hydrogen) atoms. The molecule has 0 spiro atoms. The monoisotopic (exact) mass is 306 g/mol. The van der Waals surface area contributed by atoms with Gasteiger partial charge in [0.25, 0.3) is 0 Å². The van der Waals surface area contributed by atoms with Crippen molar-refractivity contribution in [3.63, 3.8) is 0 Å². The minimum Gasteiger partial charge on any atom is -0.472 e. The maximum Gasteiger partial charge on any atom is 0.213 e. The van der Waals surface area contributed by atoms with Gasteiger partial charge in [-0.25, -0.2) is 9.97 Å². The van der Waals surface area contributed by atoms with Crippen LogP contribution in [0, 0.1) is 0 Å². The summed E-state index contributed by atoms with van der Waals surface area (Å²) in [6.45, 7) is 1.97. The van der Waals surface area contributed by atoms with Crippen molar-refractivity contribution in [2.24, 2.45) is 0 Å². The van der Waals surface area contributed by atoms with Crippen LogP contribution in [-0.2, 0) is 11.3 Å². The van der Waals surface area contributed by atoms with Gasteiger partial charge >= 0.3 is 0 Å². The van der Waals surface area contributed by atoms with Gasteiger partial charge in [-0.1, -0.05) is 11.6 Å². The highest BCUT2D eigenvalue weighted by Crippen LogP contribution is 2.16. The lowest BCUT2D eigenvalue weighted by molar-refractivity contribution is 0.138. The molecule has 1 fully saturated rings. The second-order valence-electron chi connectivity index (χ2n) is 4.69. The van der Waals surface area contributed by atoms with E-state index < -0.39 is 0 Å². The summed E-state index contributed by atoms with van der Waals surface area (Å²) in [6.07, 6.45) is 5.85. The molecule has 0 bridgehead atoms. The summed E-state index contributed by atoms with van der Waals surface area (Å²) in [5.74, 6) is 1.24. The first-order valence-corrected chi connectivity index (χ1v) is 7.08. The number of nitrogens with zero attached hydrogens (tertiary/aromatic N) is 3. The summed E-state index contributed by atoms with van der Waals surface area (Å²) in [5.41, 5.74) is 1.04. The number of rotatable bonds is 5. The molecule has 6 nitrogen and oxygen atoms in total. The molecule has 0 amide bonds. The third kappa shape index (κ3) is 4.03. The summed E-state index contributed by atoms with van der Waals surface area (Å²) < 4.78 is 11.1. The highest BCUT2D eigenvalue weighted by molar-refractivity contribution is 6.29. The number of halogens is 1. The molecule has 1 aliphatic rings. The van der Waals surface area contributed by atoms with Gasteiger partial charge in [-0.3, -0.25) is 4.98 Å². The Hall–Kier alpha value is -1.92. The van der Waals surface area contributed by atoms with E-state index in [-0.39, 0.29) is 6.10 Å². The van der Waals surface area contributed by atoms with Crippen molar-refractivity contribution in [3.8, 4) is 5.88 Å². The van der Waals surface area contributed by atoms with Crippen LogP contribution >= 0.6 is 11.6 Å². The molecule has 1 saturated heterocycles. The van der Waals surface area contributed by atoms with Crippen LogP contribution in [0.2, 0.25) is 5.15 Å². The quantitative estimate of drug-likeness (QED) is 0.914. The predicted molar refractivity (Wildman–Crippen MR) is 78.5 cm³/mol. The molecule has 1 N–H and O–H groups in total. The second-order valence-corrected chi connectivity index (χ2v) is 5.07. The largest absolute Gasteiger partial charge is 0.472 e. The fourth-order valence-electron chi connectivity index (χ4n) is 2.02. The van der Waals surface area contributed by atoms with Gasteiger partial charge in [0.15, 0.2) is 0 Å². The zero-order chi connectivity index (χ0) is 14.5. The van der Waals surface area contributed by atoms with Crippen molar-refractivity contribution in [1.29, 1.82) is 0 Å². The Balaban J connectivity index is 1.60. The highest BCUT2D eigenvalue weighted by atomic mass is 35.5. The van der Waals surface area contributed by atoms with Gasteiger partial charge in [-0.2, -0.15) is 0 Å². The normalized spacial score (nSPS) is 17.7. The van der Waals surface area contributed by atoms with E-state index in [0.29, 0.717) is 30.0 Å². The van der Waals surface area contributed by atoms with Crippen molar-refractivity contribution < 1.29 is 9.47 Å². The third-order valence-corrected chi connectivity index (χ3v) is 3.24. The number of hydrogen-bond acceptors (Lipinski definition) is 6. The Morgan fingerprint density at radius 2 is 2.38 bits per heavy atom. The Morgan fingerprint density at radius 3 is 3.19 bits per heavy atom. The van der Waals surface area contributed by atoms with Crippen LogP contribution in [0.4, 0.5) is 5.82 Å². The predicted octanol–water partition coefficient (Wildman–Crippen LogP) is 2.30. The standard InChI is InChI=1S/C14H15ClN4O2/c15-12-7-16-8-13(19-12)18-6-10-1-3-17-14(5-10)21-11-2-4-20-9-11/h1,3,5,7-8,11H,2,4,6,9H2,(H,18,19). The van der Waals surface area contributed by atoms with E-state index in [9.17, 15) is 0 Å². The Kier molecular flexibility index (Phi) is 4.47. The summed E-state index contributed by atoms with van der Waals surface area (Å²) in [5, 5.41) is 3.52. The van der Waals surface area contributed by atoms with E-state index in [1.54, 1.807) is 12.4 Å². The van der Waals surface area contributed by atoms with Gasteiger partial charge < -0.3 is 14.8 Å². The van der Waals surface area contributed by atoms with Gasteiger partial charge in [0.2, 0.25) is 5.88 Å². The molecule has 2 aromatic rings. The van der Waals surface area contributed by atoms with Crippen molar-refractivity contribution in [1.82, 2.24) is 15.0 Å². The summed E-state index contributed by atoms with van der Waals surface area (Å²) in [7, 11) is 0. The second kappa shape index (κ2) is 6.69. The Bertz CT molecular complexity index is 605. The van der Waals surface area contributed by atoms with Crippen LogP contribution in [0.25, 0.3) is 0 Å². The van der Waals surface area contributed by atoms with Crippen molar-refractivity contribution in [2.45, 2.75) is 19.1 Å². The number of aromatic nitrogens is 3. The van der Waals surface area contributed by atoms with Crippen LogP contribution in [0.1, 0.15) is 12.0 Å². The van der Waals surface area contributed by atoms with Crippen molar-refractivity contribution in [3.05, 3.63) is 41.4 Å². The number of nitrogens with one attached hydrogen (secondary N) is 1. The summed E-state index contributed by atoms with van der Waals surface area (Å²) in [4.78, 5) is 12.3. The lowest BCUT2D eigenvalue weighted by Crippen LogP contribution is -2.16. The maximum absolute atomic E-state index is 5.79. The molecule has 0 radical (unpaired) electrons. The van der Waals surface area contributed by atoms with Crippen LogP contribution in [0.15, 0.2) is 30.7 Å². The van der Waals surface area contributed by atoms with Gasteiger partial charge in [0.05, 0.1) is 25.6 Å². The first-order chi connectivity index (χ1) is 10.3. The molecule has 7 heteroatoms. The number of pyridine rings is 1. The summed E-state index contributed by atoms with van der Waals surface area (Å²) in [6, 6.07) is 3.83. The molecule has 110 valence electrons. The first kappa shape index (κ1) is 14.0. The molecule has 3 heterocycles. The lowest BCUT2D eigenvalue weighted by atomic mass is 10.2. The summed E-state index contributed by atoms with van der Waals surface area (Å²) >= 11 is 5.79. The SMILES string of the molecule is Clc1cncc(NCc2ccnc(OC3CCOC3)c2)n1. The van der Waals surface area contributed by atoms with Crippen LogP contribution in [-0.4, -0.2) is 34.3 Å². The minimum absolute atomic E-state index is 0.0968. The topological polar surface area (TPSA) is 69.2 Å². The molecule has 2 aromatic heterocycles. The van der Waals surface area contributed by atoms with Crippen molar-refractivity contribution >= 4 is 17.4 Å². The smallest absolute Gasteiger partial charge is 0.213 e. The average molecular weight is 307 g/mol. The zero-order valence-electron chi connectivity index (χ0n) is 11.3. The molecule has 1 aliphatic heterocycles. The van der Waals surface area contributed by atoms with Gasteiger partial charge in [0, 0.05) is 25.2 Å². The minimum atomic E-state index is 0.0968. The molecule has 1 unspecified atom stereocenters. The molecule has 3 rings (SSSR count). The fraction of sp³-hybridized carbons (Fsp3) is 0.357. The Morgan fingerprint density at radius 1 is 1.43 bits per heavy atom. The lowest BCUT2D eigenvalue weighted by Gasteiger charge is -2.12. The van der Waals surface area contributed by atoms with Crippen molar-refractivity contribution in [2.75, 3.05) is 18.5 Å². The van der Waals surface area contributed by atoms with E-state index in [1.165, 1.54) is 6.20 Å². The van der Waals surface area contributed by atoms with E-state index in [1.807, 2.05) is 12.1 Å². The molecule has 0 saturated carbocycles. The zero-order valence-corrected chi connectivity index (χ0v) is 12.1. The van der Waals surface area contributed by atoms with E-state index in [2.05, 4.69) is 20.3 Å². The number of hydrogen-bond donors (Lipinski definition) is 1. The first-order valence-electron chi connectivity index (χ1n) is 6.70. The average Bonchev–Trinajstić information content (AvgIpc) is 2.99. The number of ether oxygens (including phenoxy) is 2. The third-order valence-electron chi connectivity index (χ3n) is 3.05. The molecular weight excluding hydrogens is 292 g/mol. The van der Waals surface area contributed by atoms with Crippen LogP contribution in [0.3, 0.4) is 0 Å². The van der Waals surface area contributed by atoms with E-state index >= 15 is 0 Å². The molecule has 0 aromatic carbocycles. The van der Waals surface area contributed by atoms with E-state index in [4.69, 9.17) is 21.1 Å². The number of anilines is 1. The maximum atomic E-state index is 5.79. The molecular formula is C14H15ClN4O2.